The minimum Gasteiger partial charge on any atom is -0.0793 e. The molecule has 0 bridgehead atoms. The molecule has 0 heterocycles. The van der Waals surface area contributed by atoms with Crippen molar-refractivity contribution >= 4 is 0 Å². The molecule has 3 aliphatic carbocycles. The molecule has 0 aliphatic heterocycles. The van der Waals surface area contributed by atoms with Crippen molar-refractivity contribution in [1.82, 2.24) is 0 Å². The summed E-state index contributed by atoms with van der Waals surface area (Å²) >= 11 is 0. The lowest BCUT2D eigenvalue weighted by molar-refractivity contribution is 0.903. The lowest BCUT2D eigenvalue weighted by Crippen LogP contribution is -2.05. The largest absolute Gasteiger partial charge is 0.0793 e. The Morgan fingerprint density at radius 1 is 1.17 bits per heavy atom. The summed E-state index contributed by atoms with van der Waals surface area (Å²) in [6.07, 6.45) is 4.94. The highest BCUT2D eigenvalue weighted by atomic mass is 14.8. The van der Waals surface area contributed by atoms with Gasteiger partial charge >= 0.3 is 0 Å². The molecule has 12 heavy (non-hydrogen) atoms. The Hall–Kier alpha value is -1.04. The summed E-state index contributed by atoms with van der Waals surface area (Å²) in [4.78, 5) is 0. The molecule has 2 fully saturated rings. The van der Waals surface area contributed by atoms with Gasteiger partial charge in [0.15, 0.2) is 0 Å². The molecule has 0 N–H and O–H groups in total. The molecule has 1 atom stereocenters. The molecule has 0 nitrogen and oxygen atoms in total. The monoisotopic (exact) mass is 153 g/mol. The Kier molecular flexibility index (Phi) is 0.648. The van der Waals surface area contributed by atoms with Gasteiger partial charge in [0.05, 0.1) is 0 Å². The zero-order valence-corrected chi connectivity index (χ0v) is 6.80. The van der Waals surface area contributed by atoms with E-state index in [1.807, 2.05) is 0 Å². The van der Waals surface area contributed by atoms with E-state index >= 15 is 0 Å². The Morgan fingerprint density at radius 2 is 2.08 bits per heavy atom. The molecule has 1 aromatic rings. The van der Waals surface area contributed by atoms with Gasteiger partial charge in [-0.05, 0) is 24.0 Å². The van der Waals surface area contributed by atoms with E-state index in [2.05, 4.69) is 30.3 Å². The highest BCUT2D eigenvalue weighted by Crippen LogP contribution is 2.83. The number of benzene rings is 1. The zero-order valence-electron chi connectivity index (χ0n) is 6.80. The molecule has 1 spiro atoms. The lowest BCUT2D eigenvalue weighted by Gasteiger charge is -2.15. The average Bonchev–Trinajstić information content (AvgIpc) is 2.92. The van der Waals surface area contributed by atoms with Crippen LogP contribution in [0.3, 0.4) is 0 Å². The van der Waals surface area contributed by atoms with E-state index in [9.17, 15) is 0 Å². The Morgan fingerprint density at radius 3 is 3.00 bits per heavy atom. The molecule has 1 radical (unpaired) electrons. The van der Waals surface area contributed by atoms with Crippen molar-refractivity contribution in [2.24, 2.45) is 0 Å². The van der Waals surface area contributed by atoms with Crippen molar-refractivity contribution < 1.29 is 0 Å². The topological polar surface area (TPSA) is 0 Å². The highest BCUT2D eigenvalue weighted by Gasteiger charge is 2.77. The lowest BCUT2D eigenvalue weighted by atomic mass is 9.89. The van der Waals surface area contributed by atoms with Gasteiger partial charge in [-0.1, -0.05) is 35.9 Å². The first-order valence-electron chi connectivity index (χ1n) is 4.58. The molecular weight excluding hydrogens is 144 g/mol. The minimum absolute atomic E-state index is 0.523. The van der Waals surface area contributed by atoms with E-state index in [0.717, 1.165) is 6.42 Å². The molecular formula is C12H9. The summed E-state index contributed by atoms with van der Waals surface area (Å²) in [7, 11) is 0. The van der Waals surface area contributed by atoms with E-state index in [4.69, 9.17) is 0 Å². The molecule has 1 aromatic carbocycles. The van der Waals surface area contributed by atoms with Gasteiger partial charge in [0.25, 0.3) is 0 Å². The smallest absolute Gasteiger partial charge is 0.0283 e. The SMILES string of the molecule is C1=C2[C]3CC32c2ccccc2C1. The fourth-order valence-electron chi connectivity index (χ4n) is 2.73. The maximum atomic E-state index is 2.42. The van der Waals surface area contributed by atoms with Crippen molar-refractivity contribution in [2.75, 3.05) is 0 Å². The second-order valence-corrected chi connectivity index (χ2v) is 4.04. The van der Waals surface area contributed by atoms with Crippen LogP contribution in [0.15, 0.2) is 35.9 Å². The molecule has 0 saturated heterocycles. The van der Waals surface area contributed by atoms with Crippen LogP contribution < -0.4 is 0 Å². The maximum absolute atomic E-state index is 2.42. The standard InChI is InChI=1S/C12H9/c1-2-4-9-8(3-1)5-6-10-11-7-12(9,10)11/h1-4,6H,5,7H2. The van der Waals surface area contributed by atoms with Crippen molar-refractivity contribution in [2.45, 2.75) is 18.3 Å². The minimum atomic E-state index is 0.523. The Labute approximate surface area is 71.9 Å². The third kappa shape index (κ3) is 0.394. The van der Waals surface area contributed by atoms with Gasteiger partial charge in [0.1, 0.15) is 0 Å². The van der Waals surface area contributed by atoms with Crippen LogP contribution in [0.5, 0.6) is 0 Å². The normalized spacial score (nSPS) is 34.5. The number of fused-ring (bicyclic) bond motifs is 2. The van der Waals surface area contributed by atoms with Gasteiger partial charge < -0.3 is 0 Å². The first kappa shape index (κ1) is 5.58. The van der Waals surface area contributed by atoms with Crippen LogP contribution >= 0.6 is 0 Å². The van der Waals surface area contributed by atoms with Gasteiger partial charge in [0.2, 0.25) is 0 Å². The summed E-state index contributed by atoms with van der Waals surface area (Å²) < 4.78 is 0. The van der Waals surface area contributed by atoms with Crippen molar-refractivity contribution in [3.05, 3.63) is 53.0 Å². The fraction of sp³-hybridized carbons (Fsp3) is 0.250. The molecule has 4 rings (SSSR count). The second kappa shape index (κ2) is 1.39. The maximum Gasteiger partial charge on any atom is 0.0283 e. The van der Waals surface area contributed by atoms with Gasteiger partial charge in [0, 0.05) is 11.3 Å². The summed E-state index contributed by atoms with van der Waals surface area (Å²) in [6.45, 7) is 0. The van der Waals surface area contributed by atoms with Crippen LogP contribution in [-0.4, -0.2) is 0 Å². The van der Waals surface area contributed by atoms with Gasteiger partial charge in [-0.25, -0.2) is 0 Å². The predicted octanol–water partition coefficient (Wildman–Crippen LogP) is 2.40. The van der Waals surface area contributed by atoms with Gasteiger partial charge in [-0.15, -0.1) is 0 Å². The molecule has 0 amide bonds. The van der Waals surface area contributed by atoms with Crippen LogP contribution in [0.2, 0.25) is 0 Å². The molecule has 57 valence electrons. The molecule has 1 unspecified atom stereocenters. The summed E-state index contributed by atoms with van der Waals surface area (Å²) in [6, 6.07) is 8.90. The van der Waals surface area contributed by atoms with Gasteiger partial charge in [-0.3, -0.25) is 0 Å². The molecule has 0 aromatic heterocycles. The first-order chi connectivity index (χ1) is 5.93. The number of hydrogen-bond donors (Lipinski definition) is 0. The molecule has 3 aliphatic rings. The molecule has 0 heteroatoms. The number of rotatable bonds is 0. The van der Waals surface area contributed by atoms with Crippen molar-refractivity contribution in [3.63, 3.8) is 0 Å². The Bertz CT molecular complexity index is 414. The highest BCUT2D eigenvalue weighted by molar-refractivity contribution is 5.83. The number of hydrogen-bond acceptors (Lipinski definition) is 0. The summed E-state index contributed by atoms with van der Waals surface area (Å²) in [5.74, 6) is 1.73. The van der Waals surface area contributed by atoms with Crippen LogP contribution in [0, 0.1) is 5.92 Å². The predicted molar refractivity (Wildman–Crippen MR) is 47.8 cm³/mol. The third-order valence-corrected chi connectivity index (χ3v) is 3.56. The van der Waals surface area contributed by atoms with Crippen molar-refractivity contribution in [3.8, 4) is 0 Å². The van der Waals surface area contributed by atoms with E-state index in [-0.39, 0.29) is 0 Å². The first-order valence-corrected chi connectivity index (χ1v) is 4.58. The fourth-order valence-corrected chi connectivity index (χ4v) is 2.73. The summed E-state index contributed by atoms with van der Waals surface area (Å²) in [5.41, 5.74) is 5.35. The van der Waals surface area contributed by atoms with Gasteiger partial charge in [-0.2, -0.15) is 0 Å². The second-order valence-electron chi connectivity index (χ2n) is 4.04. The Balaban J connectivity index is 2.05. The number of allylic oxidation sites excluding steroid dienone is 2. The average molecular weight is 153 g/mol. The van der Waals surface area contributed by atoms with E-state index in [1.54, 1.807) is 22.6 Å². The van der Waals surface area contributed by atoms with Crippen LogP contribution in [-0.2, 0) is 11.8 Å². The van der Waals surface area contributed by atoms with Crippen molar-refractivity contribution in [1.29, 1.82) is 0 Å². The van der Waals surface area contributed by atoms with Crippen LogP contribution in [0.25, 0.3) is 0 Å². The quantitative estimate of drug-likeness (QED) is 0.537. The molecule has 2 saturated carbocycles. The van der Waals surface area contributed by atoms with Crippen LogP contribution in [0.1, 0.15) is 17.5 Å². The summed E-state index contributed by atoms with van der Waals surface area (Å²) in [5, 5.41) is 0. The van der Waals surface area contributed by atoms with E-state index < -0.39 is 0 Å². The van der Waals surface area contributed by atoms with E-state index in [0.29, 0.717) is 5.41 Å². The van der Waals surface area contributed by atoms with Crippen LogP contribution in [0.4, 0.5) is 0 Å². The zero-order chi connectivity index (χ0) is 7.76. The van der Waals surface area contributed by atoms with E-state index in [1.165, 1.54) is 6.42 Å². The third-order valence-electron chi connectivity index (χ3n) is 3.56.